The average molecular weight is 485 g/mol. The number of piperazine rings is 1. The van der Waals surface area contributed by atoms with E-state index in [9.17, 15) is 4.79 Å². The molecule has 1 aromatic carbocycles. The number of nitrogens with zero attached hydrogens (tertiary/aromatic N) is 7. The number of hydrogen-bond acceptors (Lipinski definition) is 8. The molecule has 0 saturated carbocycles. The van der Waals surface area contributed by atoms with Crippen molar-refractivity contribution in [2.45, 2.75) is 13.5 Å². The minimum absolute atomic E-state index is 0.0960. The molecule has 0 unspecified atom stereocenters. The SMILES string of the molecule is CCn1cc(-c2ccnc(Nc3ccc(N4CCN(CC(=O)O)CC4)cc3)n2)c(-c2cccnc2)n1. The number of rotatable bonds is 8. The topological polar surface area (TPSA) is 112 Å². The van der Waals surface area contributed by atoms with Gasteiger partial charge in [-0.15, -0.1) is 0 Å². The predicted molar refractivity (Wildman–Crippen MR) is 138 cm³/mol. The van der Waals surface area contributed by atoms with Crippen LogP contribution in [-0.2, 0) is 11.3 Å². The largest absolute Gasteiger partial charge is 0.480 e. The fourth-order valence-corrected chi connectivity index (χ4v) is 4.30. The second-order valence-electron chi connectivity index (χ2n) is 8.58. The van der Waals surface area contributed by atoms with E-state index in [2.05, 4.69) is 39.2 Å². The standard InChI is InChI=1S/C26H28N8O2/c1-2-34-17-22(25(31-34)19-4-3-10-27-16-19)23-9-11-28-26(30-23)29-20-5-7-21(8-6-20)33-14-12-32(13-15-33)18-24(35)36/h3-11,16-17H,2,12-15,18H2,1H3,(H,35,36)(H,28,29,30). The zero-order valence-corrected chi connectivity index (χ0v) is 20.1. The van der Waals surface area contributed by atoms with E-state index < -0.39 is 5.97 Å². The maximum atomic E-state index is 10.9. The molecule has 0 spiro atoms. The van der Waals surface area contributed by atoms with Gasteiger partial charge in [-0.1, -0.05) is 0 Å². The zero-order chi connectivity index (χ0) is 24.9. The summed E-state index contributed by atoms with van der Waals surface area (Å²) < 4.78 is 1.90. The summed E-state index contributed by atoms with van der Waals surface area (Å²) in [6.45, 7) is 5.98. The average Bonchev–Trinajstić information content (AvgIpc) is 3.35. The van der Waals surface area contributed by atoms with E-state index >= 15 is 0 Å². The highest BCUT2D eigenvalue weighted by molar-refractivity contribution is 5.78. The number of aromatic nitrogens is 5. The lowest BCUT2D eigenvalue weighted by atomic mass is 10.1. The maximum absolute atomic E-state index is 10.9. The van der Waals surface area contributed by atoms with E-state index in [0.29, 0.717) is 5.95 Å². The van der Waals surface area contributed by atoms with Gasteiger partial charge in [-0.25, -0.2) is 9.97 Å². The monoisotopic (exact) mass is 484 g/mol. The quantitative estimate of drug-likeness (QED) is 0.389. The molecular weight excluding hydrogens is 456 g/mol. The lowest BCUT2D eigenvalue weighted by molar-refractivity contribution is -0.138. The fourth-order valence-electron chi connectivity index (χ4n) is 4.30. The molecule has 2 N–H and O–H groups in total. The molecule has 4 aromatic rings. The number of benzene rings is 1. The first-order valence-electron chi connectivity index (χ1n) is 12.0. The first-order chi connectivity index (χ1) is 17.6. The molecule has 1 saturated heterocycles. The van der Waals surface area contributed by atoms with Gasteiger partial charge in [0.25, 0.3) is 0 Å². The summed E-state index contributed by atoms with van der Waals surface area (Å²) in [5, 5.41) is 17.0. The van der Waals surface area contributed by atoms with Crippen LogP contribution in [0.2, 0.25) is 0 Å². The maximum Gasteiger partial charge on any atom is 0.317 e. The second-order valence-corrected chi connectivity index (χ2v) is 8.58. The Morgan fingerprint density at radius 2 is 1.86 bits per heavy atom. The highest BCUT2D eigenvalue weighted by Crippen LogP contribution is 2.30. The zero-order valence-electron chi connectivity index (χ0n) is 20.1. The van der Waals surface area contributed by atoms with Crippen LogP contribution in [-0.4, -0.2) is 73.4 Å². The van der Waals surface area contributed by atoms with Crippen molar-refractivity contribution in [3.63, 3.8) is 0 Å². The molecule has 10 heteroatoms. The molecule has 0 radical (unpaired) electrons. The lowest BCUT2D eigenvalue weighted by Gasteiger charge is -2.35. The van der Waals surface area contributed by atoms with Gasteiger partial charge in [0.15, 0.2) is 0 Å². The molecular formula is C26H28N8O2. The Morgan fingerprint density at radius 1 is 1.06 bits per heavy atom. The number of aliphatic carboxylic acids is 1. The Balaban J connectivity index is 1.30. The number of carboxylic acid groups (broad SMARTS) is 1. The van der Waals surface area contributed by atoms with Crippen LogP contribution in [0.1, 0.15) is 6.92 Å². The van der Waals surface area contributed by atoms with Gasteiger partial charge in [0.05, 0.1) is 12.2 Å². The van der Waals surface area contributed by atoms with E-state index in [1.54, 1.807) is 18.6 Å². The molecule has 0 atom stereocenters. The summed E-state index contributed by atoms with van der Waals surface area (Å²) in [7, 11) is 0. The number of aryl methyl sites for hydroxylation is 1. The van der Waals surface area contributed by atoms with Gasteiger partial charge in [-0.3, -0.25) is 19.4 Å². The molecule has 1 aliphatic rings. The molecule has 0 bridgehead atoms. The van der Waals surface area contributed by atoms with Crippen LogP contribution in [0.5, 0.6) is 0 Å². The van der Waals surface area contributed by atoms with E-state index in [1.807, 2.05) is 46.1 Å². The van der Waals surface area contributed by atoms with Crippen molar-refractivity contribution in [3.8, 4) is 22.5 Å². The third kappa shape index (κ3) is 5.33. The smallest absolute Gasteiger partial charge is 0.317 e. The Hall–Kier alpha value is -4.31. The van der Waals surface area contributed by atoms with Gasteiger partial charge >= 0.3 is 5.97 Å². The van der Waals surface area contributed by atoms with Crippen LogP contribution in [0.25, 0.3) is 22.5 Å². The number of anilines is 3. The van der Waals surface area contributed by atoms with Gasteiger partial charge in [-0.05, 0) is 49.4 Å². The Kier molecular flexibility index (Phi) is 6.85. The number of pyridine rings is 1. The third-order valence-corrected chi connectivity index (χ3v) is 6.17. The molecule has 0 amide bonds. The van der Waals surface area contributed by atoms with Gasteiger partial charge in [0, 0.05) is 80.0 Å². The first-order valence-corrected chi connectivity index (χ1v) is 12.0. The van der Waals surface area contributed by atoms with Crippen LogP contribution < -0.4 is 10.2 Å². The number of carbonyl (C=O) groups is 1. The number of hydrogen-bond donors (Lipinski definition) is 2. The van der Waals surface area contributed by atoms with Gasteiger partial charge < -0.3 is 15.3 Å². The summed E-state index contributed by atoms with van der Waals surface area (Å²) in [5.74, 6) is -0.276. The molecule has 4 heterocycles. The van der Waals surface area contributed by atoms with Crippen LogP contribution in [0.3, 0.4) is 0 Å². The van der Waals surface area contributed by atoms with Crippen molar-refractivity contribution in [1.82, 2.24) is 29.6 Å². The molecule has 3 aromatic heterocycles. The van der Waals surface area contributed by atoms with Crippen molar-refractivity contribution in [1.29, 1.82) is 0 Å². The predicted octanol–water partition coefficient (Wildman–Crippen LogP) is 3.37. The molecule has 1 fully saturated rings. The van der Waals surface area contributed by atoms with Crippen LogP contribution in [0, 0.1) is 0 Å². The van der Waals surface area contributed by atoms with Crippen molar-refractivity contribution >= 4 is 23.3 Å². The van der Waals surface area contributed by atoms with Crippen molar-refractivity contribution in [3.05, 3.63) is 67.3 Å². The first kappa shape index (κ1) is 23.4. The summed E-state index contributed by atoms with van der Waals surface area (Å²) in [6.07, 6.45) is 7.29. The molecule has 0 aliphatic carbocycles. The van der Waals surface area contributed by atoms with Gasteiger partial charge in [-0.2, -0.15) is 5.10 Å². The molecule has 36 heavy (non-hydrogen) atoms. The minimum atomic E-state index is -0.780. The minimum Gasteiger partial charge on any atom is -0.480 e. The molecule has 10 nitrogen and oxygen atoms in total. The van der Waals surface area contributed by atoms with Gasteiger partial charge in [0.2, 0.25) is 5.95 Å². The molecule has 184 valence electrons. The second kappa shape index (κ2) is 10.5. The lowest BCUT2D eigenvalue weighted by Crippen LogP contribution is -2.47. The van der Waals surface area contributed by atoms with Crippen LogP contribution in [0.4, 0.5) is 17.3 Å². The van der Waals surface area contributed by atoms with E-state index in [-0.39, 0.29) is 6.54 Å². The Bertz CT molecular complexity index is 1320. The summed E-state index contributed by atoms with van der Waals surface area (Å²) in [4.78, 5) is 28.6. The Labute approximate surface area is 209 Å². The van der Waals surface area contributed by atoms with Crippen molar-refractivity contribution < 1.29 is 9.90 Å². The van der Waals surface area contributed by atoms with E-state index in [1.165, 1.54) is 0 Å². The van der Waals surface area contributed by atoms with Crippen molar-refractivity contribution in [2.24, 2.45) is 0 Å². The summed E-state index contributed by atoms with van der Waals surface area (Å²) in [5.41, 5.74) is 5.47. The van der Waals surface area contributed by atoms with Crippen LogP contribution >= 0.6 is 0 Å². The van der Waals surface area contributed by atoms with Crippen molar-refractivity contribution in [2.75, 3.05) is 42.9 Å². The molecule has 5 rings (SSSR count). The fraction of sp³-hybridized carbons (Fsp3) is 0.269. The van der Waals surface area contributed by atoms with E-state index in [0.717, 1.165) is 66.6 Å². The highest BCUT2D eigenvalue weighted by atomic mass is 16.4. The normalized spacial score (nSPS) is 14.1. The van der Waals surface area contributed by atoms with Gasteiger partial charge in [0.1, 0.15) is 5.69 Å². The Morgan fingerprint density at radius 3 is 2.56 bits per heavy atom. The number of nitrogens with one attached hydrogen (secondary N) is 1. The molecule has 1 aliphatic heterocycles. The summed E-state index contributed by atoms with van der Waals surface area (Å²) >= 11 is 0. The van der Waals surface area contributed by atoms with Crippen LogP contribution in [0.15, 0.2) is 67.3 Å². The number of carboxylic acids is 1. The highest BCUT2D eigenvalue weighted by Gasteiger charge is 2.19. The third-order valence-electron chi connectivity index (χ3n) is 6.17. The van der Waals surface area contributed by atoms with E-state index in [4.69, 9.17) is 15.2 Å². The summed E-state index contributed by atoms with van der Waals surface area (Å²) in [6, 6.07) is 13.9.